The molecule has 1 rings (SSSR count). The van der Waals surface area contributed by atoms with Gasteiger partial charge in [-0.05, 0) is 19.9 Å². The maximum atomic E-state index is 8.62. The molecular weight excluding hydrogens is 279 g/mol. The van der Waals surface area contributed by atoms with Crippen molar-refractivity contribution in [3.63, 3.8) is 0 Å². The van der Waals surface area contributed by atoms with Crippen LogP contribution in [-0.2, 0) is 0 Å². The maximum absolute atomic E-state index is 8.62. The molecule has 0 aromatic carbocycles. The van der Waals surface area contributed by atoms with Gasteiger partial charge in [0.2, 0.25) is 0 Å². The molecule has 1 heterocycles. The van der Waals surface area contributed by atoms with Crippen LogP contribution in [0, 0.1) is 0 Å². The Morgan fingerprint density at radius 3 is 3.00 bits per heavy atom. The van der Waals surface area contributed by atoms with Crippen LogP contribution in [0.3, 0.4) is 0 Å². The zero-order chi connectivity index (χ0) is 9.68. The maximum Gasteiger partial charge on any atom is 0.0443 e. The third-order valence-electron chi connectivity index (χ3n) is 2.18. The summed E-state index contributed by atoms with van der Waals surface area (Å²) < 4.78 is 2.29. The summed E-state index contributed by atoms with van der Waals surface area (Å²) in [5.41, 5.74) is 0. The first-order valence-electron chi connectivity index (χ1n) is 4.69. The second kappa shape index (κ2) is 5.95. The molecule has 3 nitrogen and oxygen atoms in total. The molecule has 0 fully saturated rings. The minimum Gasteiger partial charge on any atom is -0.396 e. The molecule has 2 atom stereocenters. The standard InChI is InChI=1S/C9H17IN2O/c1-8-3-4-9(7-12(8)10)11-5-2-6-13/h3-4,8-9,11,13H,2,5-7H2,1H3. The van der Waals surface area contributed by atoms with Crippen molar-refractivity contribution in [2.75, 3.05) is 19.7 Å². The fourth-order valence-corrected chi connectivity index (χ4v) is 1.91. The third kappa shape index (κ3) is 3.93. The van der Waals surface area contributed by atoms with E-state index in [4.69, 9.17) is 5.11 Å². The van der Waals surface area contributed by atoms with E-state index in [1.54, 1.807) is 0 Å². The highest BCUT2D eigenvalue weighted by atomic mass is 127. The number of aliphatic hydroxyl groups excluding tert-OH is 1. The van der Waals surface area contributed by atoms with Crippen molar-refractivity contribution in [1.29, 1.82) is 0 Å². The van der Waals surface area contributed by atoms with E-state index in [2.05, 4.69) is 50.4 Å². The van der Waals surface area contributed by atoms with Crippen molar-refractivity contribution < 1.29 is 5.11 Å². The van der Waals surface area contributed by atoms with Crippen LogP contribution in [0.5, 0.6) is 0 Å². The average Bonchev–Trinajstić information content (AvgIpc) is 2.12. The first kappa shape index (κ1) is 11.4. The molecule has 0 bridgehead atoms. The van der Waals surface area contributed by atoms with E-state index in [9.17, 15) is 0 Å². The Morgan fingerprint density at radius 1 is 1.62 bits per heavy atom. The van der Waals surface area contributed by atoms with E-state index >= 15 is 0 Å². The highest BCUT2D eigenvalue weighted by Gasteiger charge is 2.17. The molecule has 76 valence electrons. The minimum atomic E-state index is 0.272. The average molecular weight is 296 g/mol. The fourth-order valence-electron chi connectivity index (χ4n) is 1.30. The molecular formula is C9H17IN2O. The molecule has 0 aromatic rings. The van der Waals surface area contributed by atoms with Gasteiger partial charge in [-0.2, -0.15) is 0 Å². The van der Waals surface area contributed by atoms with Crippen molar-refractivity contribution in [3.8, 4) is 0 Å². The fraction of sp³-hybridized carbons (Fsp3) is 0.778. The van der Waals surface area contributed by atoms with E-state index < -0.39 is 0 Å². The lowest BCUT2D eigenvalue weighted by Crippen LogP contribution is -2.42. The van der Waals surface area contributed by atoms with Gasteiger partial charge >= 0.3 is 0 Å². The number of aliphatic hydroxyl groups is 1. The molecule has 2 N–H and O–H groups in total. The zero-order valence-electron chi connectivity index (χ0n) is 7.91. The summed E-state index contributed by atoms with van der Waals surface area (Å²) in [5, 5.41) is 12.0. The summed E-state index contributed by atoms with van der Waals surface area (Å²) in [4.78, 5) is 0. The summed E-state index contributed by atoms with van der Waals surface area (Å²) in [6, 6.07) is 0.983. The minimum absolute atomic E-state index is 0.272. The number of rotatable bonds is 4. The predicted octanol–water partition coefficient (Wildman–Crippen LogP) is 0.937. The van der Waals surface area contributed by atoms with Gasteiger partial charge in [0.1, 0.15) is 0 Å². The molecule has 0 saturated carbocycles. The summed E-state index contributed by atoms with van der Waals surface area (Å²) in [5.74, 6) is 0. The number of hydrogen-bond donors (Lipinski definition) is 2. The Bertz CT molecular complexity index is 175. The molecule has 1 aliphatic heterocycles. The van der Waals surface area contributed by atoms with Crippen molar-refractivity contribution in [2.24, 2.45) is 0 Å². The van der Waals surface area contributed by atoms with Crippen LogP contribution >= 0.6 is 22.9 Å². The van der Waals surface area contributed by atoms with E-state index in [0.29, 0.717) is 12.1 Å². The highest BCUT2D eigenvalue weighted by molar-refractivity contribution is 14.1. The molecule has 0 spiro atoms. The lowest BCUT2D eigenvalue weighted by molar-refractivity contribution is 0.282. The second-order valence-electron chi connectivity index (χ2n) is 3.35. The predicted molar refractivity (Wildman–Crippen MR) is 62.8 cm³/mol. The Morgan fingerprint density at radius 2 is 2.38 bits per heavy atom. The normalized spacial score (nSPS) is 29.5. The third-order valence-corrected chi connectivity index (χ3v) is 3.45. The van der Waals surface area contributed by atoms with Crippen molar-refractivity contribution in [3.05, 3.63) is 12.2 Å². The molecule has 0 saturated heterocycles. The van der Waals surface area contributed by atoms with Crippen LogP contribution in [0.4, 0.5) is 0 Å². The number of hydrogen-bond acceptors (Lipinski definition) is 3. The molecule has 0 aliphatic carbocycles. The van der Waals surface area contributed by atoms with E-state index in [-0.39, 0.29) is 6.61 Å². The van der Waals surface area contributed by atoms with Crippen LogP contribution < -0.4 is 5.32 Å². The van der Waals surface area contributed by atoms with E-state index in [0.717, 1.165) is 19.5 Å². The molecule has 13 heavy (non-hydrogen) atoms. The van der Waals surface area contributed by atoms with Crippen molar-refractivity contribution in [1.82, 2.24) is 8.43 Å². The SMILES string of the molecule is CC1C=CC(NCCCO)CN1I. The molecule has 0 radical (unpaired) electrons. The largest absolute Gasteiger partial charge is 0.396 e. The van der Waals surface area contributed by atoms with Gasteiger partial charge in [-0.15, -0.1) is 0 Å². The quantitative estimate of drug-likeness (QED) is 0.351. The first-order valence-corrected chi connectivity index (χ1v) is 5.65. The topological polar surface area (TPSA) is 35.5 Å². The van der Waals surface area contributed by atoms with E-state index in [1.165, 1.54) is 0 Å². The van der Waals surface area contributed by atoms with Gasteiger partial charge < -0.3 is 10.4 Å². The Balaban J connectivity index is 2.24. The van der Waals surface area contributed by atoms with Crippen LogP contribution in [-0.4, -0.2) is 40.0 Å². The molecule has 0 aromatic heterocycles. The van der Waals surface area contributed by atoms with Gasteiger partial charge in [0.15, 0.2) is 0 Å². The summed E-state index contributed by atoms with van der Waals surface area (Å²) in [6.45, 7) is 4.40. The number of nitrogens with zero attached hydrogens (tertiary/aromatic N) is 1. The van der Waals surface area contributed by atoms with Crippen LogP contribution in [0.1, 0.15) is 13.3 Å². The summed E-state index contributed by atoms with van der Waals surface area (Å²) >= 11 is 2.35. The molecule has 2 unspecified atom stereocenters. The van der Waals surface area contributed by atoms with Gasteiger partial charge in [-0.3, -0.25) is 0 Å². The van der Waals surface area contributed by atoms with Gasteiger partial charge in [0.25, 0.3) is 0 Å². The smallest absolute Gasteiger partial charge is 0.0443 e. The van der Waals surface area contributed by atoms with Gasteiger partial charge in [0.05, 0.1) is 0 Å². The first-order chi connectivity index (χ1) is 6.24. The van der Waals surface area contributed by atoms with Crippen LogP contribution in [0.15, 0.2) is 12.2 Å². The molecule has 1 aliphatic rings. The lowest BCUT2D eigenvalue weighted by Gasteiger charge is -2.29. The number of halogens is 1. The number of nitrogens with one attached hydrogen (secondary N) is 1. The zero-order valence-corrected chi connectivity index (χ0v) is 10.1. The van der Waals surface area contributed by atoms with Gasteiger partial charge in [0, 0.05) is 48.1 Å². The molecule has 0 amide bonds. The Hall–Kier alpha value is 0.350. The Labute approximate surface area is 93.7 Å². The summed E-state index contributed by atoms with van der Waals surface area (Å²) in [7, 11) is 0. The van der Waals surface area contributed by atoms with Gasteiger partial charge in [-0.25, -0.2) is 3.11 Å². The Kier molecular flexibility index (Phi) is 5.23. The highest BCUT2D eigenvalue weighted by Crippen LogP contribution is 2.14. The summed E-state index contributed by atoms with van der Waals surface area (Å²) in [6.07, 6.45) is 5.27. The monoisotopic (exact) mass is 296 g/mol. The van der Waals surface area contributed by atoms with Crippen molar-refractivity contribution >= 4 is 22.9 Å². The second-order valence-corrected chi connectivity index (χ2v) is 4.58. The van der Waals surface area contributed by atoms with Crippen LogP contribution in [0.25, 0.3) is 0 Å². The van der Waals surface area contributed by atoms with Crippen LogP contribution in [0.2, 0.25) is 0 Å². The van der Waals surface area contributed by atoms with Crippen molar-refractivity contribution in [2.45, 2.75) is 25.4 Å². The van der Waals surface area contributed by atoms with Gasteiger partial charge in [-0.1, -0.05) is 12.2 Å². The van der Waals surface area contributed by atoms with E-state index in [1.807, 2.05) is 0 Å². The lowest BCUT2D eigenvalue weighted by atomic mass is 10.1. The molecule has 4 heteroatoms.